The van der Waals surface area contributed by atoms with Crippen LogP contribution in [0, 0.1) is 0 Å². The van der Waals surface area contributed by atoms with E-state index in [2.05, 4.69) is 4.98 Å². The van der Waals surface area contributed by atoms with Gasteiger partial charge >= 0.3 is 6.09 Å². The Labute approximate surface area is 106 Å². The van der Waals surface area contributed by atoms with Crippen molar-refractivity contribution in [2.45, 2.75) is 25.8 Å². The van der Waals surface area contributed by atoms with Crippen LogP contribution in [0.1, 0.15) is 30.3 Å². The molecule has 2 heterocycles. The summed E-state index contributed by atoms with van der Waals surface area (Å²) in [6.45, 7) is 2.64. The SMILES string of the molecule is CCOC(=O)N1CCC[C@H]1C(=O)c1ccccn1. The number of hydrogen-bond acceptors (Lipinski definition) is 4. The van der Waals surface area contributed by atoms with Crippen molar-refractivity contribution in [2.24, 2.45) is 0 Å². The van der Waals surface area contributed by atoms with E-state index in [1.54, 1.807) is 31.3 Å². The molecule has 1 aliphatic rings. The van der Waals surface area contributed by atoms with E-state index in [0.29, 0.717) is 25.3 Å². The van der Waals surface area contributed by atoms with Crippen LogP contribution < -0.4 is 0 Å². The van der Waals surface area contributed by atoms with Crippen molar-refractivity contribution in [1.82, 2.24) is 9.88 Å². The highest BCUT2D eigenvalue weighted by atomic mass is 16.6. The molecular formula is C13H16N2O3. The van der Waals surface area contributed by atoms with Crippen LogP contribution in [-0.2, 0) is 4.74 Å². The van der Waals surface area contributed by atoms with E-state index < -0.39 is 12.1 Å². The van der Waals surface area contributed by atoms with E-state index >= 15 is 0 Å². The number of pyridine rings is 1. The summed E-state index contributed by atoms with van der Waals surface area (Å²) in [7, 11) is 0. The van der Waals surface area contributed by atoms with E-state index in [1.807, 2.05) is 0 Å². The van der Waals surface area contributed by atoms with Crippen LogP contribution >= 0.6 is 0 Å². The summed E-state index contributed by atoms with van der Waals surface area (Å²) in [5, 5.41) is 0. The summed E-state index contributed by atoms with van der Waals surface area (Å²) in [5.41, 5.74) is 0.402. The number of carbonyl (C=O) groups is 2. The molecule has 0 N–H and O–H groups in total. The van der Waals surface area contributed by atoms with E-state index in [-0.39, 0.29) is 5.78 Å². The number of rotatable bonds is 3. The number of amides is 1. The molecule has 1 fully saturated rings. The Hall–Kier alpha value is -1.91. The summed E-state index contributed by atoms with van der Waals surface area (Å²) < 4.78 is 4.96. The first-order valence-corrected chi connectivity index (χ1v) is 6.12. The third kappa shape index (κ3) is 2.50. The number of Topliss-reactive ketones (excluding diaryl/α,β-unsaturated/α-hetero) is 1. The van der Waals surface area contributed by atoms with Crippen LogP contribution in [0.15, 0.2) is 24.4 Å². The van der Waals surface area contributed by atoms with Crippen LogP contribution in [0.3, 0.4) is 0 Å². The first-order valence-electron chi connectivity index (χ1n) is 6.12. The van der Waals surface area contributed by atoms with Gasteiger partial charge in [-0.2, -0.15) is 0 Å². The molecule has 0 aliphatic carbocycles. The molecule has 1 aromatic rings. The predicted octanol–water partition coefficient (Wildman–Crippen LogP) is 1.89. The Bertz CT molecular complexity index is 433. The molecule has 1 saturated heterocycles. The van der Waals surface area contributed by atoms with Crippen molar-refractivity contribution >= 4 is 11.9 Å². The maximum atomic E-state index is 12.3. The highest BCUT2D eigenvalue weighted by Gasteiger charge is 2.35. The van der Waals surface area contributed by atoms with E-state index in [9.17, 15) is 9.59 Å². The lowest BCUT2D eigenvalue weighted by molar-refractivity contribution is 0.0771. The largest absolute Gasteiger partial charge is 0.450 e. The first kappa shape index (κ1) is 12.5. The van der Waals surface area contributed by atoms with Crippen molar-refractivity contribution < 1.29 is 14.3 Å². The fourth-order valence-corrected chi connectivity index (χ4v) is 2.14. The molecule has 5 heteroatoms. The van der Waals surface area contributed by atoms with Gasteiger partial charge in [-0.05, 0) is 31.9 Å². The van der Waals surface area contributed by atoms with Gasteiger partial charge < -0.3 is 4.74 Å². The second kappa shape index (κ2) is 5.62. The molecule has 1 aromatic heterocycles. The molecule has 1 atom stereocenters. The number of ether oxygens (including phenoxy) is 1. The normalized spacial score (nSPS) is 18.7. The minimum atomic E-state index is -0.432. The van der Waals surface area contributed by atoms with Gasteiger partial charge in [0.15, 0.2) is 0 Å². The zero-order valence-corrected chi connectivity index (χ0v) is 10.3. The number of ketones is 1. The zero-order chi connectivity index (χ0) is 13.0. The van der Waals surface area contributed by atoms with Crippen LogP contribution in [-0.4, -0.2) is 41.0 Å². The van der Waals surface area contributed by atoms with Gasteiger partial charge in [0, 0.05) is 12.7 Å². The molecule has 1 amide bonds. The number of hydrogen-bond donors (Lipinski definition) is 0. The smallest absolute Gasteiger partial charge is 0.410 e. The number of carbonyl (C=O) groups excluding carboxylic acids is 2. The Balaban J connectivity index is 2.12. The van der Waals surface area contributed by atoms with E-state index in [1.165, 1.54) is 4.90 Å². The van der Waals surface area contributed by atoms with Gasteiger partial charge in [0.25, 0.3) is 0 Å². The summed E-state index contributed by atoms with van der Waals surface area (Å²) in [4.78, 5) is 29.5. The maximum Gasteiger partial charge on any atom is 0.410 e. The Kier molecular flexibility index (Phi) is 3.92. The van der Waals surface area contributed by atoms with Crippen molar-refractivity contribution in [3.05, 3.63) is 30.1 Å². The van der Waals surface area contributed by atoms with Gasteiger partial charge in [-0.15, -0.1) is 0 Å². The molecule has 2 rings (SSSR count). The van der Waals surface area contributed by atoms with Crippen molar-refractivity contribution in [1.29, 1.82) is 0 Å². The fraction of sp³-hybridized carbons (Fsp3) is 0.462. The standard InChI is InChI=1S/C13H16N2O3/c1-2-18-13(17)15-9-5-7-11(15)12(16)10-6-3-4-8-14-10/h3-4,6,8,11H,2,5,7,9H2,1H3/t11-/m0/s1. The van der Waals surface area contributed by atoms with Gasteiger partial charge in [0.2, 0.25) is 5.78 Å². The van der Waals surface area contributed by atoms with E-state index in [4.69, 9.17) is 4.74 Å². The number of aromatic nitrogens is 1. The molecule has 0 radical (unpaired) electrons. The minimum absolute atomic E-state index is 0.110. The van der Waals surface area contributed by atoms with Crippen molar-refractivity contribution in [3.63, 3.8) is 0 Å². The third-order valence-corrected chi connectivity index (χ3v) is 2.98. The van der Waals surface area contributed by atoms with Gasteiger partial charge in [-0.1, -0.05) is 6.07 Å². The van der Waals surface area contributed by atoms with Gasteiger partial charge in [0.05, 0.1) is 6.61 Å². The van der Waals surface area contributed by atoms with Gasteiger partial charge in [0.1, 0.15) is 11.7 Å². The summed E-state index contributed by atoms with van der Waals surface area (Å²) in [6, 6.07) is 4.77. The maximum absolute atomic E-state index is 12.3. The highest BCUT2D eigenvalue weighted by Crippen LogP contribution is 2.21. The van der Waals surface area contributed by atoms with Crippen LogP contribution in [0.4, 0.5) is 4.79 Å². The molecule has 0 unspecified atom stereocenters. The van der Waals surface area contributed by atoms with Gasteiger partial charge in [-0.3, -0.25) is 14.7 Å². The lowest BCUT2D eigenvalue weighted by Gasteiger charge is -2.22. The Morgan fingerprint density at radius 3 is 3.00 bits per heavy atom. The summed E-state index contributed by atoms with van der Waals surface area (Å²) in [6.07, 6.45) is 2.66. The van der Waals surface area contributed by atoms with Crippen molar-refractivity contribution in [3.8, 4) is 0 Å². The predicted molar refractivity (Wildman–Crippen MR) is 65.3 cm³/mol. The minimum Gasteiger partial charge on any atom is -0.450 e. The van der Waals surface area contributed by atoms with Gasteiger partial charge in [-0.25, -0.2) is 4.79 Å². The Morgan fingerprint density at radius 2 is 2.33 bits per heavy atom. The lowest BCUT2D eigenvalue weighted by atomic mass is 10.1. The van der Waals surface area contributed by atoms with Crippen LogP contribution in [0.25, 0.3) is 0 Å². The molecule has 5 nitrogen and oxygen atoms in total. The molecule has 0 saturated carbocycles. The Morgan fingerprint density at radius 1 is 1.50 bits per heavy atom. The topological polar surface area (TPSA) is 59.5 Å². The third-order valence-electron chi connectivity index (χ3n) is 2.98. The molecule has 0 bridgehead atoms. The van der Waals surface area contributed by atoms with Crippen LogP contribution in [0.5, 0.6) is 0 Å². The molecule has 18 heavy (non-hydrogen) atoms. The molecule has 1 aliphatic heterocycles. The second-order valence-electron chi connectivity index (χ2n) is 4.13. The number of likely N-dealkylation sites (tertiary alicyclic amines) is 1. The second-order valence-corrected chi connectivity index (χ2v) is 4.13. The average Bonchev–Trinajstić information content (AvgIpc) is 2.88. The molecular weight excluding hydrogens is 232 g/mol. The van der Waals surface area contributed by atoms with Crippen LogP contribution in [0.2, 0.25) is 0 Å². The first-order chi connectivity index (χ1) is 8.74. The lowest BCUT2D eigenvalue weighted by Crippen LogP contribution is -2.41. The molecule has 0 aromatic carbocycles. The molecule has 0 spiro atoms. The monoisotopic (exact) mass is 248 g/mol. The quantitative estimate of drug-likeness (QED) is 0.766. The summed E-state index contributed by atoms with van der Waals surface area (Å²) >= 11 is 0. The zero-order valence-electron chi connectivity index (χ0n) is 10.3. The fourth-order valence-electron chi connectivity index (χ4n) is 2.14. The molecule has 96 valence electrons. The summed E-state index contributed by atoms with van der Waals surface area (Å²) in [5.74, 6) is -0.110. The number of nitrogens with zero attached hydrogens (tertiary/aromatic N) is 2. The van der Waals surface area contributed by atoms with E-state index in [0.717, 1.165) is 6.42 Å². The van der Waals surface area contributed by atoms with Crippen molar-refractivity contribution in [2.75, 3.05) is 13.2 Å². The average molecular weight is 248 g/mol. The highest BCUT2D eigenvalue weighted by molar-refractivity contribution is 6.00.